The third-order valence-electron chi connectivity index (χ3n) is 3.73. The van der Waals surface area contributed by atoms with E-state index in [-0.39, 0.29) is 11.7 Å². The lowest BCUT2D eigenvalue weighted by Crippen LogP contribution is -2.25. The monoisotopic (exact) mass is 406 g/mol. The normalized spacial score (nSPS) is 11.2. The average molecular weight is 407 g/mol. The zero-order valence-electron chi connectivity index (χ0n) is 13.3. The summed E-state index contributed by atoms with van der Waals surface area (Å²) in [6, 6.07) is 9.82. The standard InChI is InChI=1S/C17H12ClFN4OS2/c18-14-6-5-13(26-14)16(24)20-8-7-10-9-25-17-21-15(22-23(10)17)11-3-1-2-4-12(11)19/h1-6,9H,7-8H2,(H,20,24). The molecule has 3 aromatic heterocycles. The van der Waals surface area contributed by atoms with Crippen LogP contribution in [0.15, 0.2) is 41.8 Å². The largest absolute Gasteiger partial charge is 0.351 e. The number of carbonyl (C=O) groups is 1. The zero-order valence-corrected chi connectivity index (χ0v) is 15.7. The molecule has 0 radical (unpaired) electrons. The van der Waals surface area contributed by atoms with Crippen LogP contribution in [0, 0.1) is 5.82 Å². The predicted octanol–water partition coefficient (Wildman–Crippen LogP) is 4.28. The first-order valence-electron chi connectivity index (χ1n) is 7.73. The molecule has 0 atom stereocenters. The van der Waals surface area contributed by atoms with Crippen molar-refractivity contribution in [2.24, 2.45) is 0 Å². The highest BCUT2D eigenvalue weighted by molar-refractivity contribution is 7.18. The molecule has 0 aliphatic carbocycles. The van der Waals surface area contributed by atoms with Crippen LogP contribution in [0.4, 0.5) is 4.39 Å². The maximum absolute atomic E-state index is 13.9. The van der Waals surface area contributed by atoms with Crippen LogP contribution >= 0.6 is 34.3 Å². The molecule has 0 saturated carbocycles. The van der Waals surface area contributed by atoms with E-state index in [1.165, 1.54) is 28.7 Å². The van der Waals surface area contributed by atoms with Crippen molar-refractivity contribution in [1.82, 2.24) is 19.9 Å². The number of nitrogens with one attached hydrogen (secondary N) is 1. The molecule has 0 saturated heterocycles. The number of hydrogen-bond acceptors (Lipinski definition) is 5. The number of amides is 1. The molecule has 132 valence electrons. The first-order chi connectivity index (χ1) is 12.6. The van der Waals surface area contributed by atoms with E-state index in [9.17, 15) is 9.18 Å². The van der Waals surface area contributed by atoms with Crippen molar-refractivity contribution in [1.29, 1.82) is 0 Å². The fraction of sp³-hybridized carbons (Fsp3) is 0.118. The summed E-state index contributed by atoms with van der Waals surface area (Å²) in [6.07, 6.45) is 0.588. The number of benzene rings is 1. The predicted molar refractivity (Wildman–Crippen MR) is 102 cm³/mol. The van der Waals surface area contributed by atoms with E-state index in [1.54, 1.807) is 34.8 Å². The number of rotatable bonds is 5. The molecule has 0 spiro atoms. The maximum atomic E-state index is 13.9. The Morgan fingerprint density at radius 3 is 2.88 bits per heavy atom. The smallest absolute Gasteiger partial charge is 0.261 e. The van der Waals surface area contributed by atoms with Crippen LogP contribution in [0.1, 0.15) is 15.4 Å². The van der Waals surface area contributed by atoms with E-state index in [0.717, 1.165) is 5.69 Å². The third-order valence-corrected chi connectivity index (χ3v) is 5.82. The van der Waals surface area contributed by atoms with Crippen LogP contribution in [0.2, 0.25) is 4.34 Å². The van der Waals surface area contributed by atoms with E-state index >= 15 is 0 Å². The van der Waals surface area contributed by atoms with Crippen LogP contribution in [0.3, 0.4) is 0 Å². The molecule has 1 amide bonds. The lowest BCUT2D eigenvalue weighted by molar-refractivity contribution is 0.0958. The second-order valence-electron chi connectivity index (χ2n) is 5.45. The summed E-state index contributed by atoms with van der Waals surface area (Å²) in [6.45, 7) is 0.453. The number of thiazole rings is 1. The highest BCUT2D eigenvalue weighted by Gasteiger charge is 2.14. The number of carbonyl (C=O) groups excluding carboxylic acids is 1. The quantitative estimate of drug-likeness (QED) is 0.538. The minimum Gasteiger partial charge on any atom is -0.351 e. The lowest BCUT2D eigenvalue weighted by atomic mass is 10.2. The first-order valence-corrected chi connectivity index (χ1v) is 9.81. The summed E-state index contributed by atoms with van der Waals surface area (Å²) in [5, 5.41) is 9.21. The molecule has 0 bridgehead atoms. The van der Waals surface area contributed by atoms with Crippen LogP contribution in [0.5, 0.6) is 0 Å². The van der Waals surface area contributed by atoms with Crippen molar-refractivity contribution in [2.45, 2.75) is 6.42 Å². The molecule has 1 aromatic carbocycles. The minimum atomic E-state index is -0.353. The number of hydrogen-bond donors (Lipinski definition) is 1. The molecular formula is C17H12ClFN4OS2. The Morgan fingerprint density at radius 1 is 1.27 bits per heavy atom. The van der Waals surface area contributed by atoms with Gasteiger partial charge in [-0.25, -0.2) is 8.91 Å². The topological polar surface area (TPSA) is 59.3 Å². The maximum Gasteiger partial charge on any atom is 0.261 e. The van der Waals surface area contributed by atoms with E-state index in [2.05, 4.69) is 15.4 Å². The number of fused-ring (bicyclic) bond motifs is 1. The second kappa shape index (κ2) is 7.14. The van der Waals surface area contributed by atoms with Crippen molar-refractivity contribution in [2.75, 3.05) is 6.54 Å². The molecule has 26 heavy (non-hydrogen) atoms. The molecular weight excluding hydrogens is 395 g/mol. The number of aromatic nitrogens is 3. The summed E-state index contributed by atoms with van der Waals surface area (Å²) in [7, 11) is 0. The van der Waals surface area contributed by atoms with Gasteiger partial charge in [0.25, 0.3) is 5.91 Å². The molecule has 0 fully saturated rings. The number of nitrogens with zero attached hydrogens (tertiary/aromatic N) is 3. The average Bonchev–Trinajstić information content (AvgIpc) is 3.32. The van der Waals surface area contributed by atoms with Crippen LogP contribution in [0.25, 0.3) is 16.3 Å². The summed E-state index contributed by atoms with van der Waals surface area (Å²) in [5.74, 6) is -0.151. The Labute approximate surface area is 161 Å². The summed E-state index contributed by atoms with van der Waals surface area (Å²) < 4.78 is 16.2. The van der Waals surface area contributed by atoms with Gasteiger partial charge in [-0.15, -0.1) is 27.8 Å². The Kier molecular flexibility index (Phi) is 4.71. The zero-order chi connectivity index (χ0) is 18.1. The van der Waals surface area contributed by atoms with Crippen molar-refractivity contribution >= 4 is 45.1 Å². The van der Waals surface area contributed by atoms with E-state index in [0.29, 0.717) is 38.5 Å². The Hall–Kier alpha value is -2.29. The van der Waals surface area contributed by atoms with E-state index in [1.807, 2.05) is 5.38 Å². The Morgan fingerprint density at radius 2 is 2.12 bits per heavy atom. The summed E-state index contributed by atoms with van der Waals surface area (Å²) >= 11 is 8.52. The van der Waals surface area contributed by atoms with Gasteiger partial charge in [0.05, 0.1) is 20.5 Å². The minimum absolute atomic E-state index is 0.154. The second-order valence-corrected chi connectivity index (χ2v) is 8.00. The fourth-order valence-corrected chi connectivity index (χ4v) is 4.30. The Balaban J connectivity index is 1.47. The molecule has 1 N–H and O–H groups in total. The summed E-state index contributed by atoms with van der Waals surface area (Å²) in [4.78, 5) is 17.7. The first kappa shape index (κ1) is 17.1. The lowest BCUT2D eigenvalue weighted by Gasteiger charge is -2.02. The SMILES string of the molecule is O=C(NCCc1csc2nc(-c3ccccc3F)nn12)c1ccc(Cl)s1. The van der Waals surface area contributed by atoms with Crippen LogP contribution in [-0.4, -0.2) is 27.0 Å². The van der Waals surface area contributed by atoms with Gasteiger partial charge in [0, 0.05) is 18.3 Å². The molecule has 4 rings (SSSR count). The van der Waals surface area contributed by atoms with Crippen molar-refractivity contribution in [3.05, 3.63) is 62.5 Å². The van der Waals surface area contributed by atoms with Gasteiger partial charge in [-0.3, -0.25) is 4.79 Å². The van der Waals surface area contributed by atoms with Gasteiger partial charge in [0.1, 0.15) is 5.82 Å². The van der Waals surface area contributed by atoms with Crippen molar-refractivity contribution < 1.29 is 9.18 Å². The molecule has 0 unspecified atom stereocenters. The highest BCUT2D eigenvalue weighted by atomic mass is 35.5. The number of thiophene rings is 1. The van der Waals surface area contributed by atoms with Crippen molar-refractivity contribution in [3.8, 4) is 11.4 Å². The molecule has 9 heteroatoms. The van der Waals surface area contributed by atoms with Gasteiger partial charge >= 0.3 is 0 Å². The third kappa shape index (κ3) is 3.35. The molecule has 0 aliphatic rings. The van der Waals surface area contributed by atoms with Crippen LogP contribution < -0.4 is 5.32 Å². The van der Waals surface area contributed by atoms with E-state index in [4.69, 9.17) is 11.6 Å². The van der Waals surface area contributed by atoms with Crippen LogP contribution in [-0.2, 0) is 6.42 Å². The van der Waals surface area contributed by atoms with Gasteiger partial charge in [-0.05, 0) is 24.3 Å². The highest BCUT2D eigenvalue weighted by Crippen LogP contribution is 2.23. The van der Waals surface area contributed by atoms with Gasteiger partial charge < -0.3 is 5.32 Å². The van der Waals surface area contributed by atoms with E-state index < -0.39 is 0 Å². The molecule has 3 heterocycles. The van der Waals surface area contributed by atoms with Gasteiger partial charge in [0.2, 0.25) is 4.96 Å². The molecule has 4 aromatic rings. The summed E-state index contributed by atoms with van der Waals surface area (Å²) in [5.41, 5.74) is 1.28. The van der Waals surface area contributed by atoms with Gasteiger partial charge in [-0.1, -0.05) is 23.7 Å². The van der Waals surface area contributed by atoms with Crippen molar-refractivity contribution in [3.63, 3.8) is 0 Å². The van der Waals surface area contributed by atoms with Gasteiger partial charge in [0.15, 0.2) is 5.82 Å². The van der Waals surface area contributed by atoms with Gasteiger partial charge in [-0.2, -0.15) is 4.98 Å². The Bertz CT molecular complexity index is 1090. The molecule has 5 nitrogen and oxygen atoms in total. The molecule has 0 aliphatic heterocycles. The fourth-order valence-electron chi connectivity index (χ4n) is 2.48. The number of halogens is 2.